The van der Waals surface area contributed by atoms with Crippen molar-refractivity contribution >= 4 is 28.7 Å². The normalized spacial score (nSPS) is 13.5. The predicted molar refractivity (Wildman–Crippen MR) is 127 cm³/mol. The van der Waals surface area contributed by atoms with Gasteiger partial charge in [0.1, 0.15) is 0 Å². The van der Waals surface area contributed by atoms with Crippen molar-refractivity contribution in [2.24, 2.45) is 0 Å². The zero-order chi connectivity index (χ0) is 22.5. The SMILES string of the molecule is COc1ccc(C(=O)Nc2cc(Nc3cccc(N4CCOCC4)c3)ccc2C)cc1O. The number of aryl methyl sites for hydroxylation is 1. The van der Waals surface area contributed by atoms with E-state index in [0.29, 0.717) is 17.0 Å². The molecule has 1 aliphatic rings. The Morgan fingerprint density at radius 3 is 2.56 bits per heavy atom. The molecule has 0 bridgehead atoms. The van der Waals surface area contributed by atoms with E-state index in [9.17, 15) is 9.90 Å². The van der Waals surface area contributed by atoms with Gasteiger partial charge in [0.05, 0.1) is 20.3 Å². The molecule has 0 aromatic heterocycles. The number of nitrogens with one attached hydrogen (secondary N) is 2. The van der Waals surface area contributed by atoms with Crippen LogP contribution in [0.15, 0.2) is 60.7 Å². The minimum atomic E-state index is -0.308. The molecule has 1 fully saturated rings. The van der Waals surface area contributed by atoms with E-state index >= 15 is 0 Å². The van der Waals surface area contributed by atoms with Gasteiger partial charge in [-0.2, -0.15) is 0 Å². The topological polar surface area (TPSA) is 83.1 Å². The average molecular weight is 434 g/mol. The summed E-state index contributed by atoms with van der Waals surface area (Å²) in [5, 5.41) is 16.3. The van der Waals surface area contributed by atoms with Crippen LogP contribution in [-0.4, -0.2) is 44.4 Å². The molecule has 7 nitrogen and oxygen atoms in total. The fraction of sp³-hybridized carbons (Fsp3) is 0.240. The van der Waals surface area contributed by atoms with Crippen LogP contribution in [0.3, 0.4) is 0 Å². The van der Waals surface area contributed by atoms with Gasteiger partial charge in [0.25, 0.3) is 5.91 Å². The quantitative estimate of drug-likeness (QED) is 0.529. The van der Waals surface area contributed by atoms with Crippen molar-refractivity contribution in [2.75, 3.05) is 48.9 Å². The number of hydrogen-bond acceptors (Lipinski definition) is 6. The molecule has 1 amide bonds. The third kappa shape index (κ3) is 4.95. The molecule has 1 aliphatic heterocycles. The lowest BCUT2D eigenvalue weighted by atomic mass is 10.1. The summed E-state index contributed by atoms with van der Waals surface area (Å²) in [5.74, 6) is -0.0619. The molecule has 166 valence electrons. The minimum absolute atomic E-state index is 0.0764. The van der Waals surface area contributed by atoms with Gasteiger partial charge in [0.15, 0.2) is 11.5 Å². The number of anilines is 4. The molecule has 0 spiro atoms. The highest BCUT2D eigenvalue weighted by Gasteiger charge is 2.13. The van der Waals surface area contributed by atoms with Crippen LogP contribution in [-0.2, 0) is 4.74 Å². The van der Waals surface area contributed by atoms with Gasteiger partial charge in [-0.05, 0) is 61.0 Å². The second-order valence-electron chi connectivity index (χ2n) is 7.65. The van der Waals surface area contributed by atoms with E-state index in [2.05, 4.69) is 27.7 Å². The summed E-state index contributed by atoms with van der Waals surface area (Å²) in [6.07, 6.45) is 0. The van der Waals surface area contributed by atoms with Crippen LogP contribution >= 0.6 is 0 Å². The van der Waals surface area contributed by atoms with Crippen LogP contribution in [0.1, 0.15) is 15.9 Å². The molecule has 0 atom stereocenters. The summed E-state index contributed by atoms with van der Waals surface area (Å²) in [4.78, 5) is 15.0. The Balaban J connectivity index is 1.49. The van der Waals surface area contributed by atoms with Gasteiger partial charge in [-0.15, -0.1) is 0 Å². The van der Waals surface area contributed by atoms with Gasteiger partial charge in [-0.25, -0.2) is 0 Å². The number of ether oxygens (including phenoxy) is 2. The highest BCUT2D eigenvalue weighted by Crippen LogP contribution is 2.29. The first-order chi connectivity index (χ1) is 15.5. The van der Waals surface area contributed by atoms with E-state index in [4.69, 9.17) is 9.47 Å². The fourth-order valence-corrected chi connectivity index (χ4v) is 3.63. The molecule has 1 heterocycles. The molecule has 0 radical (unpaired) electrons. The maximum absolute atomic E-state index is 12.7. The number of carbonyl (C=O) groups is 1. The van der Waals surface area contributed by atoms with Crippen molar-refractivity contribution in [2.45, 2.75) is 6.92 Å². The second-order valence-corrected chi connectivity index (χ2v) is 7.65. The molecule has 0 saturated carbocycles. The lowest BCUT2D eigenvalue weighted by Gasteiger charge is -2.29. The van der Waals surface area contributed by atoms with E-state index in [-0.39, 0.29) is 11.7 Å². The van der Waals surface area contributed by atoms with Gasteiger partial charge in [0.2, 0.25) is 0 Å². The van der Waals surface area contributed by atoms with Crippen LogP contribution in [0, 0.1) is 6.92 Å². The van der Waals surface area contributed by atoms with Gasteiger partial charge in [-0.3, -0.25) is 4.79 Å². The Hall–Kier alpha value is -3.71. The summed E-state index contributed by atoms with van der Waals surface area (Å²) in [6, 6.07) is 18.7. The number of methoxy groups -OCH3 is 1. The third-order valence-electron chi connectivity index (χ3n) is 5.44. The molecule has 32 heavy (non-hydrogen) atoms. The largest absolute Gasteiger partial charge is 0.504 e. The van der Waals surface area contributed by atoms with E-state index in [1.54, 1.807) is 12.1 Å². The molecule has 4 rings (SSSR count). The van der Waals surface area contributed by atoms with Crippen molar-refractivity contribution in [1.29, 1.82) is 0 Å². The van der Waals surface area contributed by atoms with Crippen LogP contribution < -0.4 is 20.3 Å². The Kier molecular flexibility index (Phi) is 6.47. The number of benzene rings is 3. The van der Waals surface area contributed by atoms with Crippen molar-refractivity contribution in [3.63, 3.8) is 0 Å². The first kappa shape index (κ1) is 21.5. The summed E-state index contributed by atoms with van der Waals surface area (Å²) in [7, 11) is 1.47. The van der Waals surface area contributed by atoms with Gasteiger partial charge < -0.3 is 30.1 Å². The molecule has 0 aliphatic carbocycles. The zero-order valence-electron chi connectivity index (χ0n) is 18.2. The maximum Gasteiger partial charge on any atom is 0.255 e. The molecule has 3 aromatic carbocycles. The number of carbonyl (C=O) groups excluding carboxylic acids is 1. The van der Waals surface area contributed by atoms with Crippen molar-refractivity contribution in [1.82, 2.24) is 0 Å². The van der Waals surface area contributed by atoms with Crippen molar-refractivity contribution in [3.05, 3.63) is 71.8 Å². The summed E-state index contributed by atoms with van der Waals surface area (Å²) < 4.78 is 10.5. The van der Waals surface area contributed by atoms with E-state index in [0.717, 1.165) is 48.9 Å². The number of phenolic OH excluding ortho intramolecular Hbond substituents is 1. The van der Waals surface area contributed by atoms with E-state index in [1.807, 2.05) is 37.3 Å². The summed E-state index contributed by atoms with van der Waals surface area (Å²) >= 11 is 0. The van der Waals surface area contributed by atoms with Crippen LogP contribution in [0.5, 0.6) is 11.5 Å². The molecule has 0 unspecified atom stereocenters. The summed E-state index contributed by atoms with van der Waals surface area (Å²) in [5.41, 5.74) is 4.96. The first-order valence-corrected chi connectivity index (χ1v) is 10.5. The van der Waals surface area contributed by atoms with Gasteiger partial charge >= 0.3 is 0 Å². The monoisotopic (exact) mass is 433 g/mol. The molecule has 3 aromatic rings. The highest BCUT2D eigenvalue weighted by molar-refractivity contribution is 6.05. The van der Waals surface area contributed by atoms with E-state index in [1.165, 1.54) is 13.2 Å². The van der Waals surface area contributed by atoms with Crippen molar-refractivity contribution in [3.8, 4) is 11.5 Å². The van der Waals surface area contributed by atoms with Crippen LogP contribution in [0.2, 0.25) is 0 Å². The average Bonchev–Trinajstić information content (AvgIpc) is 2.82. The Bertz CT molecular complexity index is 1110. The number of nitrogens with zero attached hydrogens (tertiary/aromatic N) is 1. The van der Waals surface area contributed by atoms with E-state index < -0.39 is 0 Å². The molecular weight excluding hydrogens is 406 g/mol. The Morgan fingerprint density at radius 2 is 1.81 bits per heavy atom. The number of morpholine rings is 1. The number of amides is 1. The van der Waals surface area contributed by atoms with Crippen LogP contribution in [0.25, 0.3) is 0 Å². The maximum atomic E-state index is 12.7. The second kappa shape index (κ2) is 9.62. The van der Waals surface area contributed by atoms with Gasteiger partial charge in [-0.1, -0.05) is 12.1 Å². The first-order valence-electron chi connectivity index (χ1n) is 10.5. The minimum Gasteiger partial charge on any atom is -0.504 e. The Morgan fingerprint density at radius 1 is 1.03 bits per heavy atom. The fourth-order valence-electron chi connectivity index (χ4n) is 3.63. The number of hydrogen-bond donors (Lipinski definition) is 3. The van der Waals surface area contributed by atoms with Crippen molar-refractivity contribution < 1.29 is 19.4 Å². The number of phenols is 1. The lowest BCUT2D eigenvalue weighted by molar-refractivity contribution is 0.102. The standard InChI is InChI=1S/C25H27N3O4/c1-17-6-8-20(26-19-4-3-5-21(15-19)28-10-12-32-13-11-28)16-22(17)27-25(30)18-7-9-24(31-2)23(29)14-18/h3-9,14-16,26,29H,10-13H2,1-2H3,(H,27,30). The highest BCUT2D eigenvalue weighted by atomic mass is 16.5. The number of rotatable bonds is 6. The molecule has 7 heteroatoms. The Labute approximate surface area is 187 Å². The summed E-state index contributed by atoms with van der Waals surface area (Å²) in [6.45, 7) is 5.18. The molecule has 1 saturated heterocycles. The molecule has 3 N–H and O–H groups in total. The van der Waals surface area contributed by atoms with Crippen LogP contribution in [0.4, 0.5) is 22.7 Å². The lowest BCUT2D eigenvalue weighted by Crippen LogP contribution is -2.36. The zero-order valence-corrected chi connectivity index (χ0v) is 18.2. The number of aromatic hydroxyl groups is 1. The molecular formula is C25H27N3O4. The predicted octanol–water partition coefficient (Wildman–Crippen LogP) is 4.54. The third-order valence-corrected chi connectivity index (χ3v) is 5.44. The smallest absolute Gasteiger partial charge is 0.255 e. The van der Waals surface area contributed by atoms with Gasteiger partial charge in [0, 0.05) is 41.4 Å².